The second-order valence-corrected chi connectivity index (χ2v) is 4.90. The van der Waals surface area contributed by atoms with Crippen LogP contribution in [0.25, 0.3) is 0 Å². The van der Waals surface area contributed by atoms with E-state index in [1.54, 1.807) is 13.8 Å². The number of benzene rings is 1. The van der Waals surface area contributed by atoms with Crippen LogP contribution in [0.3, 0.4) is 0 Å². The molecule has 0 aliphatic heterocycles. The van der Waals surface area contributed by atoms with Crippen molar-refractivity contribution < 1.29 is 24.2 Å². The quantitative estimate of drug-likeness (QED) is 0.738. The number of nitrogens with one attached hydrogen (secondary N) is 1. The fourth-order valence-electron chi connectivity index (χ4n) is 1.75. The number of aliphatic hydroxyl groups is 1. The number of hydrogen-bond acceptors (Lipinski definition) is 3. The second kappa shape index (κ2) is 7.00. The number of carboxylic acid groups (broad SMARTS) is 1. The van der Waals surface area contributed by atoms with Crippen LogP contribution in [0.15, 0.2) is 24.3 Å². The zero-order valence-electron chi connectivity index (χ0n) is 11.3. The first-order chi connectivity index (χ1) is 9.31. The topological polar surface area (TPSA) is 86.6 Å². The van der Waals surface area contributed by atoms with Crippen LogP contribution in [0.4, 0.5) is 4.39 Å². The zero-order valence-corrected chi connectivity index (χ0v) is 11.3. The van der Waals surface area contributed by atoms with Gasteiger partial charge in [0, 0.05) is 0 Å². The van der Waals surface area contributed by atoms with E-state index in [1.807, 2.05) is 0 Å². The molecule has 1 amide bonds. The Morgan fingerprint density at radius 1 is 1.35 bits per heavy atom. The molecule has 0 aliphatic rings. The predicted molar refractivity (Wildman–Crippen MR) is 70.4 cm³/mol. The molecule has 0 fully saturated rings. The van der Waals surface area contributed by atoms with Gasteiger partial charge in [-0.05, 0) is 23.6 Å². The fourth-order valence-corrected chi connectivity index (χ4v) is 1.75. The maximum atomic E-state index is 13.0. The summed E-state index contributed by atoms with van der Waals surface area (Å²) in [6.07, 6.45) is -1.49. The van der Waals surface area contributed by atoms with Crippen LogP contribution in [-0.4, -0.2) is 28.1 Å². The third-order valence-electron chi connectivity index (χ3n) is 2.86. The molecule has 1 rings (SSSR count). The standard InChI is InChI=1S/C14H18FNO4/c1-8(2)13(14(19)20)16-12(18)7-11(17)9-4-3-5-10(15)6-9/h3-6,8,11,13,17H,7H2,1-2H3,(H,16,18)(H,19,20)/t11?,13-/m0/s1. The normalized spacial score (nSPS) is 13.8. The maximum absolute atomic E-state index is 13.0. The van der Waals surface area contributed by atoms with Gasteiger partial charge >= 0.3 is 5.97 Å². The van der Waals surface area contributed by atoms with Gasteiger partial charge in [0.2, 0.25) is 5.91 Å². The first kappa shape index (κ1) is 16.1. The van der Waals surface area contributed by atoms with E-state index in [-0.39, 0.29) is 17.9 Å². The molecule has 20 heavy (non-hydrogen) atoms. The van der Waals surface area contributed by atoms with Crippen molar-refractivity contribution in [2.75, 3.05) is 0 Å². The van der Waals surface area contributed by atoms with Crippen LogP contribution in [-0.2, 0) is 9.59 Å². The fraction of sp³-hybridized carbons (Fsp3) is 0.429. The van der Waals surface area contributed by atoms with E-state index in [2.05, 4.69) is 5.32 Å². The van der Waals surface area contributed by atoms with E-state index in [4.69, 9.17) is 5.11 Å². The van der Waals surface area contributed by atoms with E-state index in [0.717, 1.165) is 6.07 Å². The molecule has 6 heteroatoms. The van der Waals surface area contributed by atoms with E-state index in [0.29, 0.717) is 0 Å². The molecule has 0 spiro atoms. The average Bonchev–Trinajstić information content (AvgIpc) is 2.35. The Labute approximate surface area is 116 Å². The van der Waals surface area contributed by atoms with Crippen LogP contribution < -0.4 is 5.32 Å². The van der Waals surface area contributed by atoms with Gasteiger partial charge in [0.25, 0.3) is 0 Å². The molecule has 0 bridgehead atoms. The zero-order chi connectivity index (χ0) is 15.3. The van der Waals surface area contributed by atoms with E-state index in [1.165, 1.54) is 18.2 Å². The van der Waals surface area contributed by atoms with Gasteiger partial charge in [0.1, 0.15) is 11.9 Å². The minimum Gasteiger partial charge on any atom is -0.480 e. The van der Waals surface area contributed by atoms with Crippen LogP contribution >= 0.6 is 0 Å². The first-order valence-electron chi connectivity index (χ1n) is 6.27. The molecule has 0 heterocycles. The number of amides is 1. The van der Waals surface area contributed by atoms with E-state index >= 15 is 0 Å². The molecular formula is C14H18FNO4. The SMILES string of the molecule is CC(C)[C@H](NC(=O)CC(O)c1cccc(F)c1)C(=O)O. The summed E-state index contributed by atoms with van der Waals surface area (Å²) in [6.45, 7) is 3.34. The molecule has 1 unspecified atom stereocenters. The number of rotatable bonds is 6. The van der Waals surface area contributed by atoms with Crippen molar-refractivity contribution in [2.45, 2.75) is 32.4 Å². The van der Waals surface area contributed by atoms with Crippen molar-refractivity contribution in [3.8, 4) is 0 Å². The predicted octanol–water partition coefficient (Wildman–Crippen LogP) is 1.47. The average molecular weight is 283 g/mol. The molecule has 0 saturated heterocycles. The van der Waals surface area contributed by atoms with Gasteiger partial charge in [-0.2, -0.15) is 0 Å². The Bertz CT molecular complexity index is 490. The molecule has 0 saturated carbocycles. The highest BCUT2D eigenvalue weighted by Crippen LogP contribution is 2.17. The lowest BCUT2D eigenvalue weighted by molar-refractivity contribution is -0.143. The first-order valence-corrected chi connectivity index (χ1v) is 6.27. The summed E-state index contributed by atoms with van der Waals surface area (Å²) < 4.78 is 13.0. The number of halogens is 1. The number of carbonyl (C=O) groups excluding carboxylic acids is 1. The minimum atomic E-state index is -1.17. The van der Waals surface area contributed by atoms with Gasteiger partial charge in [0.05, 0.1) is 12.5 Å². The van der Waals surface area contributed by atoms with Gasteiger partial charge in [-0.15, -0.1) is 0 Å². The van der Waals surface area contributed by atoms with Gasteiger partial charge in [-0.1, -0.05) is 26.0 Å². The third kappa shape index (κ3) is 4.62. The Morgan fingerprint density at radius 3 is 2.50 bits per heavy atom. The minimum absolute atomic E-state index is 0.275. The molecule has 1 aromatic carbocycles. The summed E-state index contributed by atoms with van der Waals surface area (Å²) >= 11 is 0. The molecular weight excluding hydrogens is 265 g/mol. The molecule has 5 nitrogen and oxygen atoms in total. The van der Waals surface area contributed by atoms with E-state index < -0.39 is 29.8 Å². The third-order valence-corrected chi connectivity index (χ3v) is 2.86. The van der Waals surface area contributed by atoms with Crippen molar-refractivity contribution in [3.63, 3.8) is 0 Å². The Balaban J connectivity index is 2.64. The Morgan fingerprint density at radius 2 is 2.00 bits per heavy atom. The van der Waals surface area contributed by atoms with Gasteiger partial charge in [-0.25, -0.2) is 9.18 Å². The highest BCUT2D eigenvalue weighted by atomic mass is 19.1. The van der Waals surface area contributed by atoms with Crippen LogP contribution in [0.5, 0.6) is 0 Å². The molecule has 1 aromatic rings. The van der Waals surface area contributed by atoms with Crippen LogP contribution in [0.2, 0.25) is 0 Å². The van der Waals surface area contributed by atoms with Gasteiger partial charge < -0.3 is 15.5 Å². The van der Waals surface area contributed by atoms with E-state index in [9.17, 15) is 19.1 Å². The lowest BCUT2D eigenvalue weighted by Gasteiger charge is -2.19. The van der Waals surface area contributed by atoms with Crippen molar-refractivity contribution in [1.82, 2.24) is 5.32 Å². The van der Waals surface area contributed by atoms with Crippen molar-refractivity contribution >= 4 is 11.9 Å². The summed E-state index contributed by atoms with van der Waals surface area (Å²) in [5.41, 5.74) is 0.275. The number of aliphatic carboxylic acids is 1. The lowest BCUT2D eigenvalue weighted by atomic mass is 10.0. The van der Waals surface area contributed by atoms with Gasteiger partial charge in [0.15, 0.2) is 0 Å². The second-order valence-electron chi connectivity index (χ2n) is 4.90. The van der Waals surface area contributed by atoms with Crippen molar-refractivity contribution in [3.05, 3.63) is 35.6 Å². The van der Waals surface area contributed by atoms with Crippen LogP contribution in [0.1, 0.15) is 31.9 Å². The maximum Gasteiger partial charge on any atom is 0.326 e. The molecule has 110 valence electrons. The van der Waals surface area contributed by atoms with Crippen LogP contribution in [0, 0.1) is 11.7 Å². The molecule has 0 radical (unpaired) electrons. The number of carboxylic acids is 1. The van der Waals surface area contributed by atoms with Crippen molar-refractivity contribution in [1.29, 1.82) is 0 Å². The highest BCUT2D eigenvalue weighted by molar-refractivity contribution is 5.84. The Kier molecular flexibility index (Phi) is 5.64. The number of hydrogen-bond donors (Lipinski definition) is 3. The number of carbonyl (C=O) groups is 2. The largest absolute Gasteiger partial charge is 0.480 e. The van der Waals surface area contributed by atoms with Crippen molar-refractivity contribution in [2.24, 2.45) is 5.92 Å². The number of aliphatic hydroxyl groups excluding tert-OH is 1. The smallest absolute Gasteiger partial charge is 0.326 e. The lowest BCUT2D eigenvalue weighted by Crippen LogP contribution is -2.44. The molecule has 0 aliphatic carbocycles. The Hall–Kier alpha value is -1.95. The summed E-state index contributed by atoms with van der Waals surface area (Å²) in [4.78, 5) is 22.7. The summed E-state index contributed by atoms with van der Waals surface area (Å²) in [5, 5.41) is 21.1. The highest BCUT2D eigenvalue weighted by Gasteiger charge is 2.24. The summed E-state index contributed by atoms with van der Waals surface area (Å²) in [7, 11) is 0. The monoisotopic (exact) mass is 283 g/mol. The molecule has 0 aromatic heterocycles. The molecule has 2 atom stereocenters. The summed E-state index contributed by atoms with van der Waals surface area (Å²) in [6, 6.07) is 4.28. The summed E-state index contributed by atoms with van der Waals surface area (Å²) in [5.74, 6) is -2.51. The van der Waals surface area contributed by atoms with Gasteiger partial charge in [-0.3, -0.25) is 4.79 Å². The molecule has 3 N–H and O–H groups in total.